The van der Waals surface area contributed by atoms with Crippen LogP contribution < -0.4 is 10.6 Å². The van der Waals surface area contributed by atoms with Crippen molar-refractivity contribution in [3.63, 3.8) is 0 Å². The highest BCUT2D eigenvalue weighted by molar-refractivity contribution is 6.04. The summed E-state index contributed by atoms with van der Waals surface area (Å²) in [6, 6.07) is 19.0. The van der Waals surface area contributed by atoms with Crippen molar-refractivity contribution in [2.24, 2.45) is 0 Å². The highest BCUT2D eigenvalue weighted by Gasteiger charge is 2.17. The second kappa shape index (κ2) is 9.97. The summed E-state index contributed by atoms with van der Waals surface area (Å²) < 4.78 is 5.01. The van der Waals surface area contributed by atoms with Gasteiger partial charge in [0, 0.05) is 12.4 Å². The van der Waals surface area contributed by atoms with Gasteiger partial charge < -0.3 is 15.4 Å². The van der Waals surface area contributed by atoms with Gasteiger partial charge in [-0.1, -0.05) is 42.5 Å². The SMILES string of the molecule is C[C@H](NC(=O)c1ccccc1NC(=O)COC(=O)c1ccncc1)c1ccccc1. The number of hydrogen-bond donors (Lipinski definition) is 2. The number of amides is 2. The third-order valence-corrected chi connectivity index (χ3v) is 4.34. The molecule has 3 rings (SSSR count). The Bertz CT molecular complexity index is 1020. The molecule has 0 saturated carbocycles. The van der Waals surface area contributed by atoms with Crippen molar-refractivity contribution in [2.75, 3.05) is 11.9 Å². The van der Waals surface area contributed by atoms with Crippen molar-refractivity contribution >= 4 is 23.5 Å². The molecule has 0 aliphatic heterocycles. The van der Waals surface area contributed by atoms with Crippen LogP contribution in [-0.4, -0.2) is 29.4 Å². The van der Waals surface area contributed by atoms with Crippen molar-refractivity contribution < 1.29 is 19.1 Å². The normalized spacial score (nSPS) is 11.2. The molecule has 2 aromatic carbocycles. The van der Waals surface area contributed by atoms with Gasteiger partial charge >= 0.3 is 5.97 Å². The molecule has 2 N–H and O–H groups in total. The number of rotatable bonds is 7. The number of aromatic nitrogens is 1. The van der Waals surface area contributed by atoms with Gasteiger partial charge in [-0.2, -0.15) is 0 Å². The first-order chi connectivity index (χ1) is 14.5. The highest BCUT2D eigenvalue weighted by Crippen LogP contribution is 2.18. The van der Waals surface area contributed by atoms with Crippen LogP contribution in [0, 0.1) is 0 Å². The molecule has 1 aromatic heterocycles. The van der Waals surface area contributed by atoms with Crippen LogP contribution in [0.3, 0.4) is 0 Å². The molecule has 0 aliphatic carbocycles. The number of hydrogen-bond acceptors (Lipinski definition) is 5. The number of nitrogens with one attached hydrogen (secondary N) is 2. The van der Waals surface area contributed by atoms with Gasteiger partial charge in [-0.3, -0.25) is 14.6 Å². The van der Waals surface area contributed by atoms with Crippen molar-refractivity contribution in [1.29, 1.82) is 0 Å². The largest absolute Gasteiger partial charge is 0.452 e. The van der Waals surface area contributed by atoms with Gasteiger partial charge in [0.2, 0.25) is 0 Å². The number of carbonyl (C=O) groups excluding carboxylic acids is 3. The second-order valence-electron chi connectivity index (χ2n) is 6.51. The van der Waals surface area contributed by atoms with Gasteiger partial charge in [0.25, 0.3) is 11.8 Å². The third-order valence-electron chi connectivity index (χ3n) is 4.34. The van der Waals surface area contributed by atoms with Crippen molar-refractivity contribution in [2.45, 2.75) is 13.0 Å². The zero-order valence-corrected chi connectivity index (χ0v) is 16.4. The number of ether oxygens (including phenoxy) is 1. The van der Waals surface area contributed by atoms with Crippen LogP contribution in [0.5, 0.6) is 0 Å². The number of esters is 1. The zero-order chi connectivity index (χ0) is 21.3. The van der Waals surface area contributed by atoms with E-state index in [1.165, 1.54) is 24.5 Å². The maximum atomic E-state index is 12.7. The summed E-state index contributed by atoms with van der Waals surface area (Å²) in [6.45, 7) is 1.41. The fraction of sp³-hybridized carbons (Fsp3) is 0.130. The van der Waals surface area contributed by atoms with Gasteiger partial charge in [-0.15, -0.1) is 0 Å². The molecule has 152 valence electrons. The minimum atomic E-state index is -0.629. The average Bonchev–Trinajstić information content (AvgIpc) is 2.79. The lowest BCUT2D eigenvalue weighted by Gasteiger charge is -2.16. The molecule has 3 aromatic rings. The summed E-state index contributed by atoms with van der Waals surface area (Å²) in [5, 5.41) is 5.54. The Kier molecular flexibility index (Phi) is 6.89. The molecule has 0 fully saturated rings. The first kappa shape index (κ1) is 20.7. The van der Waals surface area contributed by atoms with E-state index >= 15 is 0 Å². The Morgan fingerprint density at radius 1 is 0.933 bits per heavy atom. The molecule has 30 heavy (non-hydrogen) atoms. The molecule has 2 amide bonds. The Balaban J connectivity index is 1.61. The lowest BCUT2D eigenvalue weighted by molar-refractivity contribution is -0.119. The van der Waals surface area contributed by atoms with Crippen LogP contribution in [0.1, 0.15) is 39.2 Å². The number of carbonyl (C=O) groups is 3. The standard InChI is InChI=1S/C23H21N3O4/c1-16(17-7-3-2-4-8-17)25-22(28)19-9-5-6-10-20(19)26-21(27)15-30-23(29)18-11-13-24-14-12-18/h2-14,16H,15H2,1H3,(H,25,28)(H,26,27)/t16-/m0/s1. The lowest BCUT2D eigenvalue weighted by atomic mass is 10.1. The number of benzene rings is 2. The van der Waals surface area contributed by atoms with Gasteiger partial charge in [0.05, 0.1) is 22.9 Å². The average molecular weight is 403 g/mol. The van der Waals surface area contributed by atoms with E-state index in [9.17, 15) is 14.4 Å². The van der Waals surface area contributed by atoms with E-state index in [4.69, 9.17) is 4.74 Å². The smallest absolute Gasteiger partial charge is 0.338 e. The quantitative estimate of drug-likeness (QED) is 0.590. The van der Waals surface area contributed by atoms with E-state index in [-0.39, 0.29) is 11.9 Å². The summed E-state index contributed by atoms with van der Waals surface area (Å²) in [5.41, 5.74) is 1.91. The van der Waals surface area contributed by atoms with Crippen LogP contribution in [0.2, 0.25) is 0 Å². The molecule has 7 nitrogen and oxygen atoms in total. The molecule has 7 heteroatoms. The van der Waals surface area contributed by atoms with E-state index in [1.807, 2.05) is 37.3 Å². The Labute approximate surface area is 174 Å². The number of anilines is 1. The van der Waals surface area contributed by atoms with Crippen LogP contribution in [0.15, 0.2) is 79.1 Å². The number of para-hydroxylation sites is 1. The molecule has 0 unspecified atom stereocenters. The fourth-order valence-electron chi connectivity index (χ4n) is 2.78. The number of nitrogens with zero attached hydrogens (tertiary/aromatic N) is 1. The van der Waals surface area contributed by atoms with Gasteiger partial charge in [0.15, 0.2) is 6.61 Å². The van der Waals surface area contributed by atoms with Crippen molar-refractivity contribution in [3.8, 4) is 0 Å². The first-order valence-corrected chi connectivity index (χ1v) is 9.36. The second-order valence-corrected chi connectivity index (χ2v) is 6.51. The molecule has 0 saturated heterocycles. The summed E-state index contributed by atoms with van der Waals surface area (Å²) in [4.78, 5) is 40.7. The lowest BCUT2D eigenvalue weighted by Crippen LogP contribution is -2.28. The molecule has 0 radical (unpaired) electrons. The topological polar surface area (TPSA) is 97.4 Å². The van der Waals surface area contributed by atoms with Crippen LogP contribution in [0.4, 0.5) is 5.69 Å². The van der Waals surface area contributed by atoms with Crippen LogP contribution in [-0.2, 0) is 9.53 Å². The monoisotopic (exact) mass is 403 g/mol. The van der Waals surface area contributed by atoms with Crippen molar-refractivity contribution in [3.05, 3.63) is 95.8 Å². The number of pyridine rings is 1. The van der Waals surface area contributed by atoms with E-state index in [0.717, 1.165) is 5.56 Å². The molecular formula is C23H21N3O4. The van der Waals surface area contributed by atoms with Crippen LogP contribution >= 0.6 is 0 Å². The molecule has 0 aliphatic rings. The van der Waals surface area contributed by atoms with E-state index in [2.05, 4.69) is 15.6 Å². The summed E-state index contributed by atoms with van der Waals surface area (Å²) >= 11 is 0. The van der Waals surface area contributed by atoms with Crippen LogP contribution in [0.25, 0.3) is 0 Å². The summed E-state index contributed by atoms with van der Waals surface area (Å²) in [6.07, 6.45) is 2.92. The molecule has 0 bridgehead atoms. The first-order valence-electron chi connectivity index (χ1n) is 9.36. The molecule has 1 heterocycles. The van der Waals surface area contributed by atoms with Gasteiger partial charge in [-0.05, 0) is 36.8 Å². The predicted molar refractivity (Wildman–Crippen MR) is 112 cm³/mol. The van der Waals surface area contributed by atoms with Gasteiger partial charge in [-0.25, -0.2) is 4.79 Å². The van der Waals surface area contributed by atoms with Crippen molar-refractivity contribution in [1.82, 2.24) is 10.3 Å². The van der Waals surface area contributed by atoms with E-state index < -0.39 is 18.5 Å². The maximum absolute atomic E-state index is 12.7. The minimum Gasteiger partial charge on any atom is -0.452 e. The predicted octanol–water partition coefficient (Wildman–Crippen LogP) is 3.37. The third kappa shape index (κ3) is 5.51. The molecule has 1 atom stereocenters. The van der Waals surface area contributed by atoms with E-state index in [1.54, 1.807) is 24.3 Å². The Hall–Kier alpha value is -4.00. The minimum absolute atomic E-state index is 0.205. The summed E-state index contributed by atoms with van der Waals surface area (Å²) in [7, 11) is 0. The fourth-order valence-corrected chi connectivity index (χ4v) is 2.78. The van der Waals surface area contributed by atoms with Gasteiger partial charge in [0.1, 0.15) is 0 Å². The highest BCUT2D eigenvalue weighted by atomic mass is 16.5. The Morgan fingerprint density at radius 2 is 1.60 bits per heavy atom. The van der Waals surface area contributed by atoms with E-state index in [0.29, 0.717) is 16.8 Å². The Morgan fingerprint density at radius 3 is 2.33 bits per heavy atom. The molecule has 0 spiro atoms. The maximum Gasteiger partial charge on any atom is 0.338 e. The molecular weight excluding hydrogens is 382 g/mol. The zero-order valence-electron chi connectivity index (χ0n) is 16.4. The summed E-state index contributed by atoms with van der Waals surface area (Å²) in [5.74, 6) is -1.50.